The van der Waals surface area contributed by atoms with Crippen LogP contribution in [0.2, 0.25) is 5.02 Å². The van der Waals surface area contributed by atoms with Gasteiger partial charge in [0.25, 0.3) is 0 Å². The first-order valence-electron chi connectivity index (χ1n) is 9.87. The molecule has 0 atom stereocenters. The van der Waals surface area contributed by atoms with E-state index in [4.69, 9.17) is 16.6 Å². The summed E-state index contributed by atoms with van der Waals surface area (Å²) in [6.07, 6.45) is 2.86. The van der Waals surface area contributed by atoms with Crippen LogP contribution in [0.1, 0.15) is 39.0 Å². The Labute approximate surface area is 176 Å². The van der Waals surface area contributed by atoms with Crippen molar-refractivity contribution < 1.29 is 0 Å². The Hall–Kier alpha value is -2.85. The van der Waals surface area contributed by atoms with Crippen LogP contribution in [-0.2, 0) is 11.8 Å². The SMILES string of the molecule is CCc1ccc(Nc2cc(C(C)(C)C)nc3c(-c4ccccc4Cl)cnn23)cc1. The molecule has 1 N–H and O–H groups in total. The van der Waals surface area contributed by atoms with Gasteiger partial charge in [-0.15, -0.1) is 0 Å². The molecule has 5 heteroatoms. The highest BCUT2D eigenvalue weighted by atomic mass is 35.5. The molecule has 148 valence electrons. The predicted molar refractivity (Wildman–Crippen MR) is 121 cm³/mol. The number of anilines is 2. The maximum absolute atomic E-state index is 6.46. The van der Waals surface area contributed by atoms with Crippen LogP contribution in [0.25, 0.3) is 16.8 Å². The lowest BCUT2D eigenvalue weighted by molar-refractivity contribution is 0.569. The normalized spacial score (nSPS) is 11.8. The molecule has 0 radical (unpaired) electrons. The second-order valence-electron chi connectivity index (χ2n) is 8.23. The third kappa shape index (κ3) is 3.85. The number of aromatic nitrogens is 3. The second kappa shape index (κ2) is 7.53. The van der Waals surface area contributed by atoms with Crippen LogP contribution in [0, 0.1) is 0 Å². The third-order valence-electron chi connectivity index (χ3n) is 5.04. The van der Waals surface area contributed by atoms with Gasteiger partial charge in [0.2, 0.25) is 0 Å². The van der Waals surface area contributed by atoms with Gasteiger partial charge in [0, 0.05) is 33.3 Å². The lowest BCUT2D eigenvalue weighted by Gasteiger charge is -2.20. The average Bonchev–Trinajstić information content (AvgIpc) is 3.12. The summed E-state index contributed by atoms with van der Waals surface area (Å²) in [5, 5.41) is 8.83. The molecule has 0 aliphatic heterocycles. The lowest BCUT2D eigenvalue weighted by atomic mass is 9.92. The van der Waals surface area contributed by atoms with Crippen molar-refractivity contribution in [1.29, 1.82) is 0 Å². The number of aryl methyl sites for hydroxylation is 1. The van der Waals surface area contributed by atoms with Crippen LogP contribution in [0.5, 0.6) is 0 Å². The molecule has 2 heterocycles. The average molecular weight is 405 g/mol. The minimum absolute atomic E-state index is 0.105. The Kier molecular flexibility index (Phi) is 5.05. The van der Waals surface area contributed by atoms with Gasteiger partial charge in [-0.3, -0.25) is 0 Å². The number of halogens is 1. The van der Waals surface area contributed by atoms with Gasteiger partial charge < -0.3 is 5.32 Å². The second-order valence-corrected chi connectivity index (χ2v) is 8.63. The summed E-state index contributed by atoms with van der Waals surface area (Å²) in [4.78, 5) is 4.96. The fourth-order valence-corrected chi connectivity index (χ4v) is 3.51. The smallest absolute Gasteiger partial charge is 0.165 e. The van der Waals surface area contributed by atoms with Crippen LogP contribution in [0.15, 0.2) is 60.8 Å². The summed E-state index contributed by atoms with van der Waals surface area (Å²) in [6.45, 7) is 8.65. The summed E-state index contributed by atoms with van der Waals surface area (Å²) >= 11 is 6.46. The zero-order chi connectivity index (χ0) is 20.6. The molecule has 0 aliphatic carbocycles. The van der Waals surface area contributed by atoms with Gasteiger partial charge in [-0.1, -0.05) is 69.6 Å². The van der Waals surface area contributed by atoms with Gasteiger partial charge in [0.1, 0.15) is 5.82 Å². The van der Waals surface area contributed by atoms with Gasteiger partial charge in [-0.25, -0.2) is 4.98 Å². The first-order valence-corrected chi connectivity index (χ1v) is 10.2. The van der Waals surface area contributed by atoms with E-state index in [9.17, 15) is 0 Å². The number of rotatable bonds is 4. The monoisotopic (exact) mass is 404 g/mol. The van der Waals surface area contributed by atoms with E-state index in [2.05, 4.69) is 68.4 Å². The van der Waals surface area contributed by atoms with Crippen LogP contribution in [-0.4, -0.2) is 14.6 Å². The van der Waals surface area contributed by atoms with E-state index in [0.29, 0.717) is 5.02 Å². The Balaban J connectivity index is 1.88. The molecule has 0 saturated carbocycles. The molecule has 0 spiro atoms. The molecule has 0 bridgehead atoms. The zero-order valence-electron chi connectivity index (χ0n) is 17.2. The predicted octanol–water partition coefficient (Wildman–Crippen LogP) is 6.65. The van der Waals surface area contributed by atoms with E-state index in [-0.39, 0.29) is 5.41 Å². The molecule has 0 saturated heterocycles. The molecular formula is C24H25ClN4. The Morgan fingerprint density at radius 3 is 2.38 bits per heavy atom. The van der Waals surface area contributed by atoms with E-state index in [0.717, 1.165) is 40.4 Å². The fourth-order valence-electron chi connectivity index (χ4n) is 3.28. The molecule has 4 nitrogen and oxygen atoms in total. The first-order chi connectivity index (χ1) is 13.9. The summed E-state index contributed by atoms with van der Waals surface area (Å²) in [5.41, 5.74) is 5.86. The van der Waals surface area contributed by atoms with Gasteiger partial charge in [-0.2, -0.15) is 9.61 Å². The zero-order valence-corrected chi connectivity index (χ0v) is 18.0. The minimum atomic E-state index is -0.105. The van der Waals surface area contributed by atoms with E-state index < -0.39 is 0 Å². The van der Waals surface area contributed by atoms with Crippen molar-refractivity contribution in [2.45, 2.75) is 39.5 Å². The molecule has 4 aromatic rings. The highest BCUT2D eigenvalue weighted by molar-refractivity contribution is 6.33. The largest absolute Gasteiger partial charge is 0.340 e. The number of nitrogens with zero attached hydrogens (tertiary/aromatic N) is 3. The Bertz CT molecular complexity index is 1150. The van der Waals surface area contributed by atoms with Crippen molar-refractivity contribution >= 4 is 28.8 Å². The molecule has 0 amide bonds. The quantitative estimate of drug-likeness (QED) is 0.413. The highest BCUT2D eigenvalue weighted by Gasteiger charge is 2.21. The maximum Gasteiger partial charge on any atom is 0.165 e. The molecule has 0 aliphatic rings. The summed E-state index contributed by atoms with van der Waals surface area (Å²) < 4.78 is 1.85. The van der Waals surface area contributed by atoms with Crippen molar-refractivity contribution in [3.63, 3.8) is 0 Å². The van der Waals surface area contributed by atoms with E-state index >= 15 is 0 Å². The van der Waals surface area contributed by atoms with Crippen LogP contribution in [0.4, 0.5) is 11.5 Å². The molecule has 29 heavy (non-hydrogen) atoms. The van der Waals surface area contributed by atoms with Gasteiger partial charge in [-0.05, 0) is 30.2 Å². The number of benzene rings is 2. The molecule has 2 aromatic heterocycles. The van der Waals surface area contributed by atoms with Crippen LogP contribution in [0.3, 0.4) is 0 Å². The van der Waals surface area contributed by atoms with Gasteiger partial charge in [0.15, 0.2) is 5.65 Å². The lowest BCUT2D eigenvalue weighted by Crippen LogP contribution is -2.16. The van der Waals surface area contributed by atoms with Crippen molar-refractivity contribution in [2.75, 3.05) is 5.32 Å². The first kappa shape index (κ1) is 19.5. The van der Waals surface area contributed by atoms with Crippen molar-refractivity contribution in [1.82, 2.24) is 14.6 Å². The number of hydrogen-bond acceptors (Lipinski definition) is 3. The third-order valence-corrected chi connectivity index (χ3v) is 5.37. The molecular weight excluding hydrogens is 380 g/mol. The van der Waals surface area contributed by atoms with Crippen molar-refractivity contribution in [3.8, 4) is 11.1 Å². The number of nitrogens with one attached hydrogen (secondary N) is 1. The topological polar surface area (TPSA) is 42.2 Å². The van der Waals surface area contributed by atoms with E-state index in [1.54, 1.807) is 0 Å². The van der Waals surface area contributed by atoms with Gasteiger partial charge >= 0.3 is 0 Å². The van der Waals surface area contributed by atoms with Crippen LogP contribution >= 0.6 is 11.6 Å². The Morgan fingerprint density at radius 2 is 1.72 bits per heavy atom. The maximum atomic E-state index is 6.46. The highest BCUT2D eigenvalue weighted by Crippen LogP contribution is 2.33. The van der Waals surface area contributed by atoms with E-state index in [1.165, 1.54) is 5.56 Å². The Morgan fingerprint density at radius 1 is 1.00 bits per heavy atom. The van der Waals surface area contributed by atoms with Crippen molar-refractivity contribution in [3.05, 3.63) is 77.1 Å². The molecule has 4 rings (SSSR count). The standard InChI is InChI=1S/C24H25ClN4/c1-5-16-10-12-17(13-11-16)27-22-14-21(24(2,3)4)28-23-19(15-26-29(22)23)18-8-6-7-9-20(18)25/h6-15,27H,5H2,1-4H3. The van der Waals surface area contributed by atoms with Gasteiger partial charge in [0.05, 0.1) is 11.9 Å². The molecule has 0 unspecified atom stereocenters. The van der Waals surface area contributed by atoms with Crippen LogP contribution < -0.4 is 5.32 Å². The summed E-state index contributed by atoms with van der Waals surface area (Å²) in [5.74, 6) is 0.877. The summed E-state index contributed by atoms with van der Waals surface area (Å²) in [6, 6.07) is 18.4. The number of fused-ring (bicyclic) bond motifs is 1. The number of hydrogen-bond donors (Lipinski definition) is 1. The minimum Gasteiger partial charge on any atom is -0.340 e. The fraction of sp³-hybridized carbons (Fsp3) is 0.250. The summed E-state index contributed by atoms with van der Waals surface area (Å²) in [7, 11) is 0. The molecule has 0 fully saturated rings. The molecule has 2 aromatic carbocycles. The van der Waals surface area contributed by atoms with Crippen molar-refractivity contribution in [2.24, 2.45) is 0 Å². The van der Waals surface area contributed by atoms with E-state index in [1.807, 2.05) is 35.0 Å².